The van der Waals surface area contributed by atoms with Crippen LogP contribution in [0.3, 0.4) is 0 Å². The Bertz CT molecular complexity index is 323. The summed E-state index contributed by atoms with van der Waals surface area (Å²) >= 11 is 5.71. The van der Waals surface area contributed by atoms with Gasteiger partial charge in [0.15, 0.2) is 0 Å². The Hall–Kier alpha value is -1.22. The van der Waals surface area contributed by atoms with Crippen LogP contribution in [-0.4, -0.2) is 20.2 Å². The Kier molecular flexibility index (Phi) is 3.14. The molecular formula is C9H9ClO3. The van der Waals surface area contributed by atoms with Crippen LogP contribution in [-0.2, 0) is 4.74 Å². The minimum absolute atomic E-state index is 0.370. The molecule has 0 aromatic heterocycles. The second-order valence-corrected chi connectivity index (χ2v) is 2.77. The van der Waals surface area contributed by atoms with E-state index in [-0.39, 0.29) is 0 Å². The number of halogens is 1. The van der Waals surface area contributed by atoms with Crippen molar-refractivity contribution in [3.05, 3.63) is 28.8 Å². The zero-order valence-electron chi connectivity index (χ0n) is 7.33. The Labute approximate surface area is 81.2 Å². The fraction of sp³-hybridized carbons (Fsp3) is 0.222. The lowest BCUT2D eigenvalue weighted by Gasteiger charge is -2.06. The summed E-state index contributed by atoms with van der Waals surface area (Å²) in [5.74, 6) is -0.0205. The molecule has 0 bridgehead atoms. The lowest BCUT2D eigenvalue weighted by atomic mass is 10.2. The molecule has 0 aliphatic rings. The number of hydrogen-bond acceptors (Lipinski definition) is 3. The van der Waals surface area contributed by atoms with Crippen LogP contribution in [0.25, 0.3) is 0 Å². The second kappa shape index (κ2) is 4.14. The van der Waals surface area contributed by atoms with Crippen LogP contribution in [0.15, 0.2) is 18.2 Å². The summed E-state index contributed by atoms with van der Waals surface area (Å²) in [6, 6.07) is 4.73. The molecule has 0 heterocycles. The second-order valence-electron chi connectivity index (χ2n) is 2.34. The van der Waals surface area contributed by atoms with Crippen molar-refractivity contribution < 1.29 is 14.3 Å². The first-order chi connectivity index (χ1) is 6.19. The van der Waals surface area contributed by atoms with E-state index in [4.69, 9.17) is 16.3 Å². The third kappa shape index (κ3) is 2.12. The van der Waals surface area contributed by atoms with Crippen molar-refractivity contribution in [3.63, 3.8) is 0 Å². The van der Waals surface area contributed by atoms with Gasteiger partial charge in [-0.2, -0.15) is 0 Å². The molecule has 0 amide bonds. The first-order valence-electron chi connectivity index (χ1n) is 3.61. The molecule has 1 aromatic rings. The summed E-state index contributed by atoms with van der Waals surface area (Å²) in [6.07, 6.45) is 0. The molecule has 1 rings (SSSR count). The number of carbonyl (C=O) groups excluding carboxylic acids is 1. The van der Waals surface area contributed by atoms with Crippen LogP contribution in [0.1, 0.15) is 10.4 Å². The van der Waals surface area contributed by atoms with Crippen molar-refractivity contribution in [2.45, 2.75) is 0 Å². The maximum atomic E-state index is 11.2. The highest BCUT2D eigenvalue weighted by Gasteiger charge is 2.11. The average molecular weight is 201 g/mol. The monoisotopic (exact) mass is 200 g/mol. The largest absolute Gasteiger partial charge is 0.496 e. The molecular weight excluding hydrogens is 192 g/mol. The van der Waals surface area contributed by atoms with Crippen molar-refractivity contribution in [1.29, 1.82) is 0 Å². The molecule has 0 fully saturated rings. The normalized spacial score (nSPS) is 9.46. The number of hydrogen-bond donors (Lipinski definition) is 0. The summed E-state index contributed by atoms with van der Waals surface area (Å²) in [4.78, 5) is 11.2. The average Bonchev–Trinajstić information content (AvgIpc) is 2.16. The first kappa shape index (κ1) is 9.86. The van der Waals surface area contributed by atoms with Crippen LogP contribution in [0.4, 0.5) is 0 Å². The minimum Gasteiger partial charge on any atom is -0.496 e. The summed E-state index contributed by atoms with van der Waals surface area (Å²) in [7, 11) is 2.79. The Morgan fingerprint density at radius 1 is 1.38 bits per heavy atom. The third-order valence-electron chi connectivity index (χ3n) is 1.57. The molecule has 0 radical (unpaired) electrons. The van der Waals surface area contributed by atoms with Crippen LogP contribution < -0.4 is 4.74 Å². The molecule has 0 aliphatic heterocycles. The Balaban J connectivity index is 3.13. The van der Waals surface area contributed by atoms with E-state index in [9.17, 15) is 4.79 Å². The maximum Gasteiger partial charge on any atom is 0.341 e. The quantitative estimate of drug-likeness (QED) is 0.687. The van der Waals surface area contributed by atoms with Crippen molar-refractivity contribution in [2.75, 3.05) is 14.2 Å². The molecule has 1 aromatic carbocycles. The van der Waals surface area contributed by atoms with Gasteiger partial charge in [0.05, 0.1) is 14.2 Å². The van der Waals surface area contributed by atoms with E-state index in [1.165, 1.54) is 14.2 Å². The van der Waals surface area contributed by atoms with E-state index >= 15 is 0 Å². The number of esters is 1. The standard InChI is InChI=1S/C9H9ClO3/c1-12-8-5-6(10)3-4-7(8)9(11)13-2/h3-5H,1-2H3. The van der Waals surface area contributed by atoms with Gasteiger partial charge in [0.2, 0.25) is 0 Å². The molecule has 0 spiro atoms. The van der Waals surface area contributed by atoms with Crippen molar-refractivity contribution >= 4 is 17.6 Å². The Morgan fingerprint density at radius 2 is 2.08 bits per heavy atom. The molecule has 0 atom stereocenters. The lowest BCUT2D eigenvalue weighted by Crippen LogP contribution is -2.03. The topological polar surface area (TPSA) is 35.5 Å². The van der Waals surface area contributed by atoms with Gasteiger partial charge in [-0.25, -0.2) is 4.79 Å². The fourth-order valence-corrected chi connectivity index (χ4v) is 1.11. The number of benzene rings is 1. The molecule has 0 saturated heterocycles. The van der Waals surface area contributed by atoms with Gasteiger partial charge in [0.25, 0.3) is 0 Å². The minimum atomic E-state index is -0.437. The molecule has 0 saturated carbocycles. The molecule has 4 heteroatoms. The van der Waals surface area contributed by atoms with E-state index in [0.29, 0.717) is 16.3 Å². The summed E-state index contributed by atoms with van der Waals surface area (Å²) in [6.45, 7) is 0. The van der Waals surface area contributed by atoms with Crippen molar-refractivity contribution in [1.82, 2.24) is 0 Å². The van der Waals surface area contributed by atoms with Crippen LogP contribution in [0.5, 0.6) is 5.75 Å². The van der Waals surface area contributed by atoms with E-state index in [1.54, 1.807) is 18.2 Å². The first-order valence-corrected chi connectivity index (χ1v) is 3.98. The van der Waals surface area contributed by atoms with E-state index < -0.39 is 5.97 Å². The molecule has 0 N–H and O–H groups in total. The van der Waals surface area contributed by atoms with Crippen molar-refractivity contribution in [2.24, 2.45) is 0 Å². The molecule has 70 valence electrons. The molecule has 3 nitrogen and oxygen atoms in total. The van der Waals surface area contributed by atoms with Gasteiger partial charge in [0, 0.05) is 5.02 Å². The van der Waals surface area contributed by atoms with Gasteiger partial charge in [-0.1, -0.05) is 11.6 Å². The highest BCUT2D eigenvalue weighted by atomic mass is 35.5. The lowest BCUT2D eigenvalue weighted by molar-refractivity contribution is 0.0597. The smallest absolute Gasteiger partial charge is 0.341 e. The predicted octanol–water partition coefficient (Wildman–Crippen LogP) is 2.14. The van der Waals surface area contributed by atoms with Crippen LogP contribution in [0.2, 0.25) is 5.02 Å². The van der Waals surface area contributed by atoms with Crippen molar-refractivity contribution in [3.8, 4) is 5.75 Å². The van der Waals surface area contributed by atoms with Crippen LogP contribution >= 0.6 is 11.6 Å². The highest BCUT2D eigenvalue weighted by molar-refractivity contribution is 6.30. The number of rotatable bonds is 2. The molecule has 0 unspecified atom stereocenters. The van der Waals surface area contributed by atoms with Gasteiger partial charge in [0.1, 0.15) is 11.3 Å². The van der Waals surface area contributed by atoms with Crippen LogP contribution in [0, 0.1) is 0 Å². The number of ether oxygens (including phenoxy) is 2. The summed E-state index contributed by atoms with van der Waals surface area (Å²) < 4.78 is 9.52. The number of carbonyl (C=O) groups is 1. The summed E-state index contributed by atoms with van der Waals surface area (Å²) in [5.41, 5.74) is 0.370. The molecule has 13 heavy (non-hydrogen) atoms. The van der Waals surface area contributed by atoms with Gasteiger partial charge in [-0.3, -0.25) is 0 Å². The predicted molar refractivity (Wildman–Crippen MR) is 49.3 cm³/mol. The van der Waals surface area contributed by atoms with Gasteiger partial charge in [-0.15, -0.1) is 0 Å². The zero-order valence-corrected chi connectivity index (χ0v) is 8.09. The van der Waals surface area contributed by atoms with Gasteiger partial charge >= 0.3 is 5.97 Å². The van der Waals surface area contributed by atoms with E-state index in [1.807, 2.05) is 0 Å². The molecule has 0 aliphatic carbocycles. The SMILES string of the molecule is COC(=O)c1ccc(Cl)cc1OC. The van der Waals surface area contributed by atoms with Gasteiger partial charge in [-0.05, 0) is 18.2 Å². The summed E-state index contributed by atoms with van der Waals surface area (Å²) in [5, 5.41) is 0.518. The third-order valence-corrected chi connectivity index (χ3v) is 1.80. The zero-order chi connectivity index (χ0) is 9.84. The number of methoxy groups -OCH3 is 2. The Morgan fingerprint density at radius 3 is 2.62 bits per heavy atom. The fourth-order valence-electron chi connectivity index (χ4n) is 0.944. The van der Waals surface area contributed by atoms with E-state index in [0.717, 1.165) is 0 Å². The van der Waals surface area contributed by atoms with Gasteiger partial charge < -0.3 is 9.47 Å². The highest BCUT2D eigenvalue weighted by Crippen LogP contribution is 2.23. The maximum absolute atomic E-state index is 11.2. The van der Waals surface area contributed by atoms with E-state index in [2.05, 4.69) is 4.74 Å².